The second kappa shape index (κ2) is 45.9. The quantitative estimate of drug-likeness (QED) is 0.0341. The van der Waals surface area contributed by atoms with E-state index in [9.17, 15) is 14.4 Å². The van der Waals surface area contributed by atoms with Gasteiger partial charge in [0.05, 0.1) is 11.8 Å². The molecular weight excluding hydrogens is 843 g/mol. The van der Waals surface area contributed by atoms with E-state index in [1.54, 1.807) is 0 Å². The summed E-state index contributed by atoms with van der Waals surface area (Å²) >= 11 is 0. The van der Waals surface area contributed by atoms with E-state index in [0.29, 0.717) is 25.5 Å². The van der Waals surface area contributed by atoms with Crippen LogP contribution in [0.2, 0.25) is 0 Å². The third kappa shape index (κ3) is 36.7. The van der Waals surface area contributed by atoms with Gasteiger partial charge in [0.2, 0.25) is 5.91 Å². The Morgan fingerprint density at radius 3 is 1.19 bits per heavy atom. The maximum Gasteiger partial charge on any atom is 0.308 e. The van der Waals surface area contributed by atoms with Crippen LogP contribution in [0.25, 0.3) is 0 Å². The van der Waals surface area contributed by atoms with Gasteiger partial charge in [-0.2, -0.15) is 0 Å². The summed E-state index contributed by atoms with van der Waals surface area (Å²) in [5.41, 5.74) is 2.96. The van der Waals surface area contributed by atoms with Gasteiger partial charge in [-0.1, -0.05) is 188 Å². The number of ether oxygens (including phenoxy) is 2. The highest BCUT2D eigenvalue weighted by molar-refractivity contribution is 5.76. The van der Waals surface area contributed by atoms with Crippen molar-refractivity contribution in [3.8, 4) is 0 Å². The number of carbonyl (C=O) groups excluding carboxylic acids is 3. The molecule has 1 aliphatic heterocycles. The fourth-order valence-corrected chi connectivity index (χ4v) is 9.57. The molecular formula is C60H113N3O5. The molecule has 398 valence electrons. The van der Waals surface area contributed by atoms with Gasteiger partial charge < -0.3 is 24.2 Å². The lowest BCUT2D eigenvalue weighted by atomic mass is 10.00. The van der Waals surface area contributed by atoms with Crippen LogP contribution in [0.4, 0.5) is 0 Å². The Morgan fingerprint density at radius 2 is 0.809 bits per heavy atom. The first kappa shape index (κ1) is 63.8. The highest BCUT2D eigenvalue weighted by atomic mass is 16.5. The van der Waals surface area contributed by atoms with Crippen molar-refractivity contribution in [2.75, 3.05) is 66.1 Å². The maximum atomic E-state index is 13.6. The van der Waals surface area contributed by atoms with Gasteiger partial charge in [0.25, 0.3) is 0 Å². The Kier molecular flexibility index (Phi) is 43.1. The van der Waals surface area contributed by atoms with Crippen LogP contribution in [0.15, 0.2) is 23.3 Å². The third-order valence-electron chi connectivity index (χ3n) is 14.6. The Balaban J connectivity index is 2.44. The van der Waals surface area contributed by atoms with E-state index in [0.717, 1.165) is 149 Å². The standard InChI is InChI=1S/C60H113N3O5/c1-8-12-16-29-38-56(39-30-17-13-9-2)43-52-67-59(65)54(5)36-27-23-20-21-25-33-46-63(58(64)42-35-45-62-50-48-61(7)49-51-62)47-34-26-22-24-28-37-55(6)60(66)68-53-44-57(40-31-18-14-10-3)41-32-19-15-11-4/h43-44,54-55H,8-42,45-53H2,1-7H3. The van der Waals surface area contributed by atoms with Gasteiger partial charge in [0.15, 0.2) is 0 Å². The zero-order valence-electron chi connectivity index (χ0n) is 46.3. The van der Waals surface area contributed by atoms with Crippen LogP contribution >= 0.6 is 0 Å². The van der Waals surface area contributed by atoms with Crippen LogP contribution in [0, 0.1) is 11.8 Å². The summed E-state index contributed by atoms with van der Waals surface area (Å²) in [6.07, 6.45) is 44.9. The van der Waals surface area contributed by atoms with Gasteiger partial charge in [0.1, 0.15) is 13.2 Å². The zero-order valence-corrected chi connectivity index (χ0v) is 46.3. The number of carbonyl (C=O) groups is 3. The van der Waals surface area contributed by atoms with Crippen LogP contribution in [-0.4, -0.2) is 98.6 Å². The molecule has 2 atom stereocenters. The highest BCUT2D eigenvalue weighted by Crippen LogP contribution is 2.21. The molecule has 1 rings (SSSR count). The lowest BCUT2D eigenvalue weighted by Gasteiger charge is -2.32. The summed E-state index contributed by atoms with van der Waals surface area (Å²) in [7, 11) is 2.19. The predicted octanol–water partition coefficient (Wildman–Crippen LogP) is 16.0. The first-order chi connectivity index (χ1) is 33.1. The molecule has 0 aliphatic carbocycles. The van der Waals surface area contributed by atoms with Crippen molar-refractivity contribution in [3.63, 3.8) is 0 Å². The fraction of sp³-hybridized carbons (Fsp3) is 0.883. The van der Waals surface area contributed by atoms with E-state index in [-0.39, 0.29) is 23.8 Å². The minimum atomic E-state index is -0.0620. The maximum absolute atomic E-state index is 13.6. The predicted molar refractivity (Wildman–Crippen MR) is 291 cm³/mol. The third-order valence-corrected chi connectivity index (χ3v) is 14.6. The minimum absolute atomic E-state index is 0.0499. The number of allylic oxidation sites excluding steroid dienone is 2. The van der Waals surface area contributed by atoms with Crippen molar-refractivity contribution < 1.29 is 23.9 Å². The van der Waals surface area contributed by atoms with Crippen LogP contribution in [0.3, 0.4) is 0 Å². The lowest BCUT2D eigenvalue weighted by Crippen LogP contribution is -2.44. The highest BCUT2D eigenvalue weighted by Gasteiger charge is 2.18. The first-order valence-electron chi connectivity index (χ1n) is 29.5. The first-order valence-corrected chi connectivity index (χ1v) is 29.5. The largest absolute Gasteiger partial charge is 0.461 e. The monoisotopic (exact) mass is 956 g/mol. The smallest absolute Gasteiger partial charge is 0.308 e. The summed E-state index contributed by atoms with van der Waals surface area (Å²) in [5.74, 6) is 0.108. The SMILES string of the molecule is CCCCCCC(=CCOC(=O)C(C)CCCCCCCCN(CCCCCCCC(C)C(=O)OCC=C(CCCCCC)CCCCCC)C(=O)CCCN1CCN(C)CC1)CCCCCC. The molecule has 0 radical (unpaired) electrons. The van der Waals surface area contributed by atoms with Crippen LogP contribution in [0.5, 0.6) is 0 Å². The summed E-state index contributed by atoms with van der Waals surface area (Å²) in [4.78, 5) is 46.3. The number of nitrogens with zero attached hydrogens (tertiary/aromatic N) is 3. The van der Waals surface area contributed by atoms with E-state index in [1.165, 1.54) is 127 Å². The molecule has 0 aromatic carbocycles. The molecule has 0 aromatic rings. The summed E-state index contributed by atoms with van der Waals surface area (Å²) in [5, 5.41) is 0. The lowest BCUT2D eigenvalue weighted by molar-refractivity contribution is -0.147. The van der Waals surface area contributed by atoms with Crippen molar-refractivity contribution in [1.29, 1.82) is 0 Å². The van der Waals surface area contributed by atoms with E-state index < -0.39 is 0 Å². The number of rotatable bonds is 47. The number of amides is 1. The molecule has 0 spiro atoms. The Labute approximate surface area is 422 Å². The van der Waals surface area contributed by atoms with Crippen LogP contribution < -0.4 is 0 Å². The van der Waals surface area contributed by atoms with Crippen molar-refractivity contribution in [2.45, 2.75) is 266 Å². The molecule has 8 heteroatoms. The number of likely N-dealkylation sites (N-methyl/N-ethyl adjacent to an activating group) is 1. The number of hydrogen-bond donors (Lipinski definition) is 0. The number of unbranched alkanes of at least 4 members (excludes halogenated alkanes) is 21. The van der Waals surface area contributed by atoms with E-state index in [1.807, 2.05) is 13.8 Å². The molecule has 68 heavy (non-hydrogen) atoms. The molecule has 0 aromatic heterocycles. The molecule has 1 fully saturated rings. The van der Waals surface area contributed by atoms with Gasteiger partial charge in [-0.25, -0.2) is 0 Å². The van der Waals surface area contributed by atoms with Gasteiger partial charge in [-0.3, -0.25) is 14.4 Å². The molecule has 2 unspecified atom stereocenters. The van der Waals surface area contributed by atoms with Gasteiger partial charge in [-0.15, -0.1) is 0 Å². The molecule has 0 saturated carbocycles. The van der Waals surface area contributed by atoms with Crippen LogP contribution in [0.1, 0.15) is 266 Å². The molecule has 0 bridgehead atoms. The van der Waals surface area contributed by atoms with Gasteiger partial charge in [0, 0.05) is 45.7 Å². The molecule has 1 amide bonds. The Bertz CT molecular complexity index is 1230. The average Bonchev–Trinajstić information content (AvgIpc) is 3.33. The summed E-state index contributed by atoms with van der Waals surface area (Å²) in [6.45, 7) is 21.1. The van der Waals surface area contributed by atoms with Crippen LogP contribution in [-0.2, 0) is 23.9 Å². The van der Waals surface area contributed by atoms with E-state index in [4.69, 9.17) is 9.47 Å². The second-order valence-corrected chi connectivity index (χ2v) is 21.1. The molecule has 1 aliphatic rings. The van der Waals surface area contributed by atoms with Crippen molar-refractivity contribution >= 4 is 17.8 Å². The Hall–Kier alpha value is -2.19. The summed E-state index contributed by atoms with van der Waals surface area (Å²) < 4.78 is 11.5. The average molecular weight is 957 g/mol. The van der Waals surface area contributed by atoms with Crippen molar-refractivity contribution in [3.05, 3.63) is 23.3 Å². The van der Waals surface area contributed by atoms with E-state index in [2.05, 4.69) is 61.6 Å². The van der Waals surface area contributed by atoms with E-state index >= 15 is 0 Å². The van der Waals surface area contributed by atoms with Crippen molar-refractivity contribution in [2.24, 2.45) is 11.8 Å². The number of piperazine rings is 1. The minimum Gasteiger partial charge on any atom is -0.461 e. The molecule has 8 nitrogen and oxygen atoms in total. The second-order valence-electron chi connectivity index (χ2n) is 21.1. The Morgan fingerprint density at radius 1 is 0.456 bits per heavy atom. The molecule has 0 N–H and O–H groups in total. The van der Waals surface area contributed by atoms with Gasteiger partial charge in [-0.05, 0) is 109 Å². The van der Waals surface area contributed by atoms with Crippen molar-refractivity contribution in [1.82, 2.24) is 14.7 Å². The normalized spacial score (nSPS) is 14.1. The fourth-order valence-electron chi connectivity index (χ4n) is 9.57. The van der Waals surface area contributed by atoms with Gasteiger partial charge >= 0.3 is 11.9 Å². The molecule has 1 heterocycles. The summed E-state index contributed by atoms with van der Waals surface area (Å²) in [6, 6.07) is 0. The number of hydrogen-bond acceptors (Lipinski definition) is 7. The topological polar surface area (TPSA) is 79.4 Å². The molecule has 1 saturated heterocycles. The zero-order chi connectivity index (χ0) is 49.7. The number of esters is 2.